The summed E-state index contributed by atoms with van der Waals surface area (Å²) in [6.07, 6.45) is 0. The van der Waals surface area contributed by atoms with Crippen LogP contribution in [0.2, 0.25) is 0 Å². The van der Waals surface area contributed by atoms with Gasteiger partial charge in [0.15, 0.2) is 0 Å². The summed E-state index contributed by atoms with van der Waals surface area (Å²) < 4.78 is 5.06. The molecule has 3 nitrogen and oxygen atoms in total. The molecular weight excluding hydrogens is 202 g/mol. The van der Waals surface area contributed by atoms with Gasteiger partial charge in [-0.2, -0.15) is 0 Å². The summed E-state index contributed by atoms with van der Waals surface area (Å²) in [7, 11) is 0. The number of carbonyl (C=O) groups is 1. The average molecular weight is 221 g/mol. The van der Waals surface area contributed by atoms with E-state index in [0.29, 0.717) is 6.61 Å². The first-order chi connectivity index (χ1) is 7.70. The van der Waals surface area contributed by atoms with E-state index < -0.39 is 0 Å². The van der Waals surface area contributed by atoms with Gasteiger partial charge in [-0.3, -0.25) is 0 Å². The molecule has 0 aliphatic rings. The number of ether oxygens (including phenoxy) is 1. The number of rotatable bonds is 5. The molecule has 0 aliphatic heterocycles. The Balaban J connectivity index is 2.93. The molecule has 0 saturated heterocycles. The first-order valence-corrected chi connectivity index (χ1v) is 5.66. The second-order valence-corrected chi connectivity index (χ2v) is 3.60. The lowest BCUT2D eigenvalue weighted by Crippen LogP contribution is -2.30. The van der Waals surface area contributed by atoms with Gasteiger partial charge in [0.2, 0.25) is 0 Å². The second-order valence-electron chi connectivity index (χ2n) is 3.60. The minimum atomic E-state index is -0.355. The molecule has 3 heteroatoms. The molecular formula is C13H19NO2. The molecule has 1 aromatic carbocycles. The van der Waals surface area contributed by atoms with Crippen LogP contribution < -0.4 is 5.32 Å². The predicted molar refractivity (Wildman–Crippen MR) is 64.2 cm³/mol. The third kappa shape index (κ3) is 3.07. The molecule has 0 aromatic heterocycles. The quantitative estimate of drug-likeness (QED) is 0.775. The standard InChI is InChI=1S/C13H19NO2/c1-4-14-12(13(15)16-5-2)11-9-7-6-8-10(11)3/h6-9,12,14H,4-5H2,1-3H3. The van der Waals surface area contributed by atoms with Crippen molar-refractivity contribution in [2.24, 2.45) is 0 Å². The molecule has 1 rings (SSSR count). The zero-order chi connectivity index (χ0) is 12.0. The Morgan fingerprint density at radius 3 is 2.62 bits per heavy atom. The van der Waals surface area contributed by atoms with Crippen molar-refractivity contribution in [1.82, 2.24) is 5.32 Å². The highest BCUT2D eigenvalue weighted by Crippen LogP contribution is 2.18. The van der Waals surface area contributed by atoms with Gasteiger partial charge < -0.3 is 10.1 Å². The highest BCUT2D eigenvalue weighted by Gasteiger charge is 2.21. The van der Waals surface area contributed by atoms with Crippen LogP contribution in [-0.2, 0) is 9.53 Å². The summed E-state index contributed by atoms with van der Waals surface area (Å²) in [5.74, 6) is -0.210. The van der Waals surface area contributed by atoms with Gasteiger partial charge in [0.1, 0.15) is 6.04 Å². The topological polar surface area (TPSA) is 38.3 Å². The van der Waals surface area contributed by atoms with Gasteiger partial charge in [0.25, 0.3) is 0 Å². The lowest BCUT2D eigenvalue weighted by atomic mass is 10.0. The van der Waals surface area contributed by atoms with Crippen molar-refractivity contribution >= 4 is 5.97 Å². The van der Waals surface area contributed by atoms with E-state index in [1.165, 1.54) is 0 Å². The monoisotopic (exact) mass is 221 g/mol. The lowest BCUT2D eigenvalue weighted by Gasteiger charge is -2.18. The lowest BCUT2D eigenvalue weighted by molar-refractivity contribution is -0.145. The molecule has 1 N–H and O–H groups in total. The molecule has 0 heterocycles. The molecule has 16 heavy (non-hydrogen) atoms. The number of nitrogens with one attached hydrogen (secondary N) is 1. The Hall–Kier alpha value is -1.35. The van der Waals surface area contributed by atoms with Gasteiger partial charge in [0.05, 0.1) is 6.61 Å². The molecule has 0 fully saturated rings. The fourth-order valence-electron chi connectivity index (χ4n) is 1.66. The van der Waals surface area contributed by atoms with E-state index in [-0.39, 0.29) is 12.0 Å². The number of esters is 1. The highest BCUT2D eigenvalue weighted by molar-refractivity contribution is 5.78. The Kier molecular flexibility index (Phi) is 4.99. The van der Waals surface area contributed by atoms with E-state index in [1.807, 2.05) is 45.0 Å². The molecule has 0 bridgehead atoms. The third-order valence-electron chi connectivity index (χ3n) is 2.43. The fourth-order valence-corrected chi connectivity index (χ4v) is 1.66. The normalized spacial score (nSPS) is 12.2. The van der Waals surface area contributed by atoms with Crippen molar-refractivity contribution in [3.8, 4) is 0 Å². The smallest absolute Gasteiger partial charge is 0.327 e. The first-order valence-electron chi connectivity index (χ1n) is 5.66. The largest absolute Gasteiger partial charge is 0.465 e. The Labute approximate surface area is 96.8 Å². The molecule has 0 aliphatic carbocycles. The number of hydrogen-bond acceptors (Lipinski definition) is 3. The van der Waals surface area contributed by atoms with E-state index >= 15 is 0 Å². The Morgan fingerprint density at radius 1 is 1.38 bits per heavy atom. The molecule has 1 aromatic rings. The van der Waals surface area contributed by atoms with E-state index in [2.05, 4.69) is 5.32 Å². The van der Waals surface area contributed by atoms with Crippen molar-refractivity contribution in [2.75, 3.05) is 13.2 Å². The van der Waals surface area contributed by atoms with Gasteiger partial charge in [-0.15, -0.1) is 0 Å². The number of benzene rings is 1. The number of carbonyl (C=O) groups excluding carboxylic acids is 1. The van der Waals surface area contributed by atoms with Crippen molar-refractivity contribution in [2.45, 2.75) is 26.8 Å². The van der Waals surface area contributed by atoms with Gasteiger partial charge in [-0.1, -0.05) is 31.2 Å². The van der Waals surface area contributed by atoms with Crippen LogP contribution in [0.4, 0.5) is 0 Å². The Morgan fingerprint density at radius 2 is 2.06 bits per heavy atom. The van der Waals surface area contributed by atoms with E-state index in [0.717, 1.165) is 17.7 Å². The minimum absolute atomic E-state index is 0.210. The molecule has 88 valence electrons. The van der Waals surface area contributed by atoms with E-state index in [1.54, 1.807) is 0 Å². The van der Waals surface area contributed by atoms with Gasteiger partial charge >= 0.3 is 5.97 Å². The highest BCUT2D eigenvalue weighted by atomic mass is 16.5. The number of aryl methyl sites for hydroxylation is 1. The molecule has 0 spiro atoms. The van der Waals surface area contributed by atoms with E-state index in [9.17, 15) is 4.79 Å². The number of hydrogen-bond donors (Lipinski definition) is 1. The summed E-state index contributed by atoms with van der Waals surface area (Å²) in [6, 6.07) is 7.50. The summed E-state index contributed by atoms with van der Waals surface area (Å²) >= 11 is 0. The molecule has 0 radical (unpaired) electrons. The predicted octanol–water partition coefficient (Wildman–Crippen LogP) is 2.21. The van der Waals surface area contributed by atoms with Crippen LogP contribution in [0.3, 0.4) is 0 Å². The molecule has 1 unspecified atom stereocenters. The average Bonchev–Trinajstić information content (AvgIpc) is 2.27. The van der Waals surface area contributed by atoms with Crippen LogP contribution in [-0.4, -0.2) is 19.1 Å². The Bertz CT molecular complexity index is 350. The van der Waals surface area contributed by atoms with Gasteiger partial charge in [-0.25, -0.2) is 4.79 Å². The van der Waals surface area contributed by atoms with Gasteiger partial charge in [-0.05, 0) is 31.5 Å². The zero-order valence-corrected chi connectivity index (χ0v) is 10.1. The SMILES string of the molecule is CCNC(C(=O)OCC)c1ccccc1C. The van der Waals surface area contributed by atoms with Crippen molar-refractivity contribution < 1.29 is 9.53 Å². The second kappa shape index (κ2) is 6.28. The third-order valence-corrected chi connectivity index (χ3v) is 2.43. The maximum absolute atomic E-state index is 11.8. The van der Waals surface area contributed by atoms with Crippen LogP contribution >= 0.6 is 0 Å². The maximum atomic E-state index is 11.8. The van der Waals surface area contributed by atoms with Crippen molar-refractivity contribution in [3.05, 3.63) is 35.4 Å². The summed E-state index contributed by atoms with van der Waals surface area (Å²) in [5, 5.41) is 3.15. The fraction of sp³-hybridized carbons (Fsp3) is 0.462. The van der Waals surface area contributed by atoms with Crippen LogP contribution in [0.1, 0.15) is 31.0 Å². The van der Waals surface area contributed by atoms with Crippen LogP contribution in [0.5, 0.6) is 0 Å². The van der Waals surface area contributed by atoms with Gasteiger partial charge in [0, 0.05) is 0 Å². The molecule has 1 atom stereocenters. The van der Waals surface area contributed by atoms with Crippen LogP contribution in [0.25, 0.3) is 0 Å². The first kappa shape index (κ1) is 12.7. The number of likely N-dealkylation sites (N-methyl/N-ethyl adjacent to an activating group) is 1. The molecule has 0 saturated carbocycles. The summed E-state index contributed by atoms with van der Waals surface area (Å²) in [6.45, 7) is 6.94. The van der Waals surface area contributed by atoms with Crippen LogP contribution in [0, 0.1) is 6.92 Å². The van der Waals surface area contributed by atoms with Crippen molar-refractivity contribution in [3.63, 3.8) is 0 Å². The van der Waals surface area contributed by atoms with Crippen molar-refractivity contribution in [1.29, 1.82) is 0 Å². The minimum Gasteiger partial charge on any atom is -0.465 e. The van der Waals surface area contributed by atoms with E-state index in [4.69, 9.17) is 4.74 Å². The zero-order valence-electron chi connectivity index (χ0n) is 10.1. The van der Waals surface area contributed by atoms with Crippen LogP contribution in [0.15, 0.2) is 24.3 Å². The maximum Gasteiger partial charge on any atom is 0.327 e. The summed E-state index contributed by atoms with van der Waals surface area (Å²) in [4.78, 5) is 11.8. The molecule has 0 amide bonds. The summed E-state index contributed by atoms with van der Waals surface area (Å²) in [5.41, 5.74) is 2.09.